The number of hydrogen-bond donors (Lipinski definition) is 2. The highest BCUT2D eigenvalue weighted by Crippen LogP contribution is 2.34. The third-order valence-corrected chi connectivity index (χ3v) is 4.25. The van der Waals surface area contributed by atoms with E-state index in [2.05, 4.69) is 15.3 Å². The van der Waals surface area contributed by atoms with Gasteiger partial charge in [-0.05, 0) is 36.2 Å². The molecule has 0 saturated carbocycles. The molecule has 1 aliphatic heterocycles. The van der Waals surface area contributed by atoms with Gasteiger partial charge in [0.05, 0.1) is 6.04 Å². The Bertz CT molecular complexity index is 831. The number of rotatable bonds is 1. The van der Waals surface area contributed by atoms with E-state index in [1.54, 1.807) is 12.1 Å². The molecule has 0 aliphatic carbocycles. The molecular weight excluding hydrogens is 324 g/mol. The molecule has 6 heteroatoms. The van der Waals surface area contributed by atoms with Crippen molar-refractivity contribution in [3.05, 3.63) is 64.3 Å². The smallest absolute Gasteiger partial charge is 0.218 e. The first-order chi connectivity index (χ1) is 10.2. The van der Waals surface area contributed by atoms with Crippen LogP contribution in [0.3, 0.4) is 0 Å². The van der Waals surface area contributed by atoms with E-state index in [0.717, 1.165) is 29.6 Å². The molecule has 3 heterocycles. The molecule has 1 aliphatic rings. The van der Waals surface area contributed by atoms with Gasteiger partial charge in [0.15, 0.2) is 0 Å². The molecule has 3 nitrogen and oxygen atoms in total. The summed E-state index contributed by atoms with van der Waals surface area (Å²) in [6.45, 7) is 0.797. The summed E-state index contributed by atoms with van der Waals surface area (Å²) in [5.41, 5.74) is 3.81. The standard InChI is InChI=1S/C16H13ClFN3.ClH/c17-9-3-4-13-12(8-9)10-5-7-19-14(15(10)21-13)11-2-1-6-20-16(11)18;/h1-4,6,8,14,19,21H,5,7H2;1H. The average Bonchev–Trinajstić information content (AvgIpc) is 2.86. The zero-order valence-electron chi connectivity index (χ0n) is 11.6. The topological polar surface area (TPSA) is 40.7 Å². The van der Waals surface area contributed by atoms with Crippen molar-refractivity contribution < 1.29 is 4.39 Å². The fraction of sp³-hybridized carbons (Fsp3) is 0.188. The number of aromatic nitrogens is 2. The van der Waals surface area contributed by atoms with E-state index in [9.17, 15) is 4.39 Å². The highest BCUT2D eigenvalue weighted by Gasteiger charge is 2.27. The minimum atomic E-state index is -0.431. The lowest BCUT2D eigenvalue weighted by atomic mass is 9.95. The predicted octanol–water partition coefficient (Wildman–Crippen LogP) is 4.01. The molecule has 22 heavy (non-hydrogen) atoms. The molecule has 0 amide bonds. The van der Waals surface area contributed by atoms with E-state index in [-0.39, 0.29) is 18.4 Å². The normalized spacial score (nSPS) is 17.1. The maximum atomic E-state index is 14.0. The molecule has 1 aromatic carbocycles. The lowest BCUT2D eigenvalue weighted by molar-refractivity contribution is 0.504. The molecule has 0 bridgehead atoms. The van der Waals surface area contributed by atoms with Crippen molar-refractivity contribution in [2.75, 3.05) is 6.54 Å². The van der Waals surface area contributed by atoms with Crippen molar-refractivity contribution in [1.29, 1.82) is 0 Å². The molecule has 0 radical (unpaired) electrons. The summed E-state index contributed by atoms with van der Waals surface area (Å²) in [4.78, 5) is 7.16. The van der Waals surface area contributed by atoms with Crippen LogP contribution in [0.25, 0.3) is 10.9 Å². The number of halogens is 3. The first-order valence-corrected chi connectivity index (χ1v) is 7.25. The fourth-order valence-electron chi connectivity index (χ4n) is 3.08. The monoisotopic (exact) mass is 337 g/mol. The van der Waals surface area contributed by atoms with E-state index in [0.29, 0.717) is 10.6 Å². The van der Waals surface area contributed by atoms with Gasteiger partial charge in [0, 0.05) is 39.9 Å². The van der Waals surface area contributed by atoms with E-state index in [4.69, 9.17) is 11.6 Å². The average molecular weight is 338 g/mol. The Kier molecular flexibility index (Phi) is 4.08. The lowest BCUT2D eigenvalue weighted by Gasteiger charge is -2.24. The van der Waals surface area contributed by atoms with Crippen LogP contribution in [0.4, 0.5) is 4.39 Å². The highest BCUT2D eigenvalue weighted by atomic mass is 35.5. The number of nitrogens with one attached hydrogen (secondary N) is 2. The number of nitrogens with zero attached hydrogens (tertiary/aromatic N) is 1. The van der Waals surface area contributed by atoms with Gasteiger partial charge in [-0.15, -0.1) is 12.4 Å². The molecule has 2 N–H and O–H groups in total. The summed E-state index contributed by atoms with van der Waals surface area (Å²) in [6.07, 6.45) is 2.36. The molecule has 4 rings (SSSR count). The van der Waals surface area contributed by atoms with Gasteiger partial charge in [0.1, 0.15) is 0 Å². The van der Waals surface area contributed by atoms with Gasteiger partial charge in [-0.25, -0.2) is 4.98 Å². The van der Waals surface area contributed by atoms with Crippen LogP contribution in [0.15, 0.2) is 36.5 Å². The van der Waals surface area contributed by atoms with Gasteiger partial charge < -0.3 is 10.3 Å². The van der Waals surface area contributed by atoms with Crippen LogP contribution in [0.2, 0.25) is 5.02 Å². The van der Waals surface area contributed by atoms with Crippen molar-refractivity contribution in [1.82, 2.24) is 15.3 Å². The summed E-state index contributed by atoms with van der Waals surface area (Å²) in [5, 5.41) is 5.20. The third-order valence-electron chi connectivity index (χ3n) is 4.01. The summed E-state index contributed by atoms with van der Waals surface area (Å²) < 4.78 is 14.0. The van der Waals surface area contributed by atoms with Crippen molar-refractivity contribution in [3.63, 3.8) is 0 Å². The Balaban J connectivity index is 0.00000144. The first-order valence-electron chi connectivity index (χ1n) is 6.88. The molecule has 1 unspecified atom stereocenters. The Morgan fingerprint density at radius 1 is 1.27 bits per heavy atom. The van der Waals surface area contributed by atoms with Crippen LogP contribution < -0.4 is 5.32 Å². The summed E-state index contributed by atoms with van der Waals surface area (Å²) in [5.74, 6) is -0.431. The van der Waals surface area contributed by atoms with Crippen LogP contribution in [-0.4, -0.2) is 16.5 Å². The molecule has 0 saturated heterocycles. The number of fused-ring (bicyclic) bond motifs is 3. The van der Waals surface area contributed by atoms with Crippen molar-refractivity contribution >= 4 is 34.9 Å². The van der Waals surface area contributed by atoms with Crippen LogP contribution in [0.1, 0.15) is 22.9 Å². The van der Waals surface area contributed by atoms with E-state index >= 15 is 0 Å². The quantitative estimate of drug-likeness (QED) is 0.658. The van der Waals surface area contributed by atoms with Crippen LogP contribution >= 0.6 is 24.0 Å². The Morgan fingerprint density at radius 3 is 2.95 bits per heavy atom. The Labute approximate surface area is 138 Å². The van der Waals surface area contributed by atoms with Gasteiger partial charge in [0.25, 0.3) is 0 Å². The maximum absolute atomic E-state index is 14.0. The SMILES string of the molecule is Cl.Fc1ncccc1C1NCCc2c1[nH]c1ccc(Cl)cc21. The second-order valence-electron chi connectivity index (χ2n) is 5.23. The second-order valence-corrected chi connectivity index (χ2v) is 5.66. The molecule has 0 spiro atoms. The zero-order chi connectivity index (χ0) is 14.4. The largest absolute Gasteiger partial charge is 0.357 e. The zero-order valence-corrected chi connectivity index (χ0v) is 13.1. The van der Waals surface area contributed by atoms with Gasteiger partial charge in [0.2, 0.25) is 5.95 Å². The molecule has 2 aromatic heterocycles. The van der Waals surface area contributed by atoms with Crippen LogP contribution in [0, 0.1) is 5.95 Å². The van der Waals surface area contributed by atoms with E-state index in [1.165, 1.54) is 11.8 Å². The lowest BCUT2D eigenvalue weighted by Crippen LogP contribution is -2.31. The van der Waals surface area contributed by atoms with Crippen LogP contribution in [0.5, 0.6) is 0 Å². The minimum absolute atomic E-state index is 0. The van der Waals surface area contributed by atoms with Crippen LogP contribution in [-0.2, 0) is 6.42 Å². The minimum Gasteiger partial charge on any atom is -0.357 e. The number of H-pyrrole nitrogens is 1. The Morgan fingerprint density at radius 2 is 2.14 bits per heavy atom. The molecule has 3 aromatic rings. The number of hydrogen-bond acceptors (Lipinski definition) is 2. The molecular formula is C16H14Cl2FN3. The summed E-state index contributed by atoms with van der Waals surface area (Å²) in [6, 6.07) is 9.12. The van der Waals surface area contributed by atoms with Crippen molar-refractivity contribution in [2.45, 2.75) is 12.5 Å². The second kappa shape index (κ2) is 5.88. The molecule has 1 atom stereocenters. The maximum Gasteiger partial charge on any atom is 0.218 e. The van der Waals surface area contributed by atoms with E-state index < -0.39 is 5.95 Å². The van der Waals surface area contributed by atoms with E-state index in [1.807, 2.05) is 18.2 Å². The van der Waals surface area contributed by atoms with Gasteiger partial charge in [-0.2, -0.15) is 4.39 Å². The summed E-state index contributed by atoms with van der Waals surface area (Å²) in [7, 11) is 0. The molecule has 114 valence electrons. The number of aromatic amines is 1. The highest BCUT2D eigenvalue weighted by molar-refractivity contribution is 6.31. The van der Waals surface area contributed by atoms with Gasteiger partial charge >= 0.3 is 0 Å². The van der Waals surface area contributed by atoms with Crippen molar-refractivity contribution in [2.24, 2.45) is 0 Å². The third kappa shape index (κ3) is 2.37. The number of benzene rings is 1. The van der Waals surface area contributed by atoms with Gasteiger partial charge in [-0.1, -0.05) is 17.7 Å². The first kappa shape index (κ1) is 15.3. The predicted molar refractivity (Wildman–Crippen MR) is 88.3 cm³/mol. The van der Waals surface area contributed by atoms with Gasteiger partial charge in [-0.3, -0.25) is 0 Å². The van der Waals surface area contributed by atoms with Crippen molar-refractivity contribution in [3.8, 4) is 0 Å². The fourth-order valence-corrected chi connectivity index (χ4v) is 3.25. The molecule has 0 fully saturated rings. The number of pyridine rings is 1. The Hall–Kier alpha value is -1.62. The summed E-state index contributed by atoms with van der Waals surface area (Å²) >= 11 is 6.10.